The van der Waals surface area contributed by atoms with Crippen molar-refractivity contribution in [3.05, 3.63) is 64.9 Å². The number of hydrogen-bond donors (Lipinski definition) is 1. The van der Waals surface area contributed by atoms with Crippen LogP contribution in [-0.4, -0.2) is 31.7 Å². The molecule has 1 saturated heterocycles. The van der Waals surface area contributed by atoms with E-state index in [1.165, 1.54) is 16.4 Å². The summed E-state index contributed by atoms with van der Waals surface area (Å²) in [7, 11) is -3.68. The number of piperidine rings is 1. The lowest BCUT2D eigenvalue weighted by Gasteiger charge is -2.31. The number of hydrogen-bond acceptors (Lipinski definition) is 3. The molecule has 2 aromatic rings. The number of nitrogens with one attached hydrogen (secondary N) is 1. The number of halogens is 2. The highest BCUT2D eigenvalue weighted by molar-refractivity contribution is 7.89. The van der Waals surface area contributed by atoms with Gasteiger partial charge in [0, 0.05) is 24.0 Å². The van der Waals surface area contributed by atoms with E-state index >= 15 is 0 Å². The summed E-state index contributed by atoms with van der Waals surface area (Å²) < 4.78 is 40.0. The number of sulfonamides is 1. The standard InChI is InChI=1S/C22H24ClFN2O3S/c23-18-5-3-16(4-6-18)21(15-1-2-15)25-22(27)17-11-13-26(14-12-17)30(28,29)20-9-7-19(24)8-10-20/h3-10,15,17,21H,1-2,11-14H2,(H,25,27)/t21-/m0/s1. The third kappa shape index (κ3) is 4.68. The first-order valence-electron chi connectivity index (χ1n) is 10.2. The highest BCUT2D eigenvalue weighted by atomic mass is 35.5. The van der Waals surface area contributed by atoms with Crippen molar-refractivity contribution >= 4 is 27.5 Å². The van der Waals surface area contributed by atoms with Gasteiger partial charge in [-0.25, -0.2) is 12.8 Å². The molecule has 0 radical (unpaired) electrons. The lowest BCUT2D eigenvalue weighted by molar-refractivity contribution is -0.127. The lowest BCUT2D eigenvalue weighted by Crippen LogP contribution is -2.43. The van der Waals surface area contributed by atoms with E-state index in [0.717, 1.165) is 30.5 Å². The summed E-state index contributed by atoms with van der Waals surface area (Å²) in [5.41, 5.74) is 1.05. The van der Waals surface area contributed by atoms with Gasteiger partial charge >= 0.3 is 0 Å². The SMILES string of the molecule is O=C(N[C@H](c1ccc(Cl)cc1)C1CC1)C1CCN(S(=O)(=O)c2ccc(F)cc2)CC1. The zero-order chi connectivity index (χ0) is 21.3. The zero-order valence-electron chi connectivity index (χ0n) is 16.4. The molecule has 1 saturated carbocycles. The van der Waals surface area contributed by atoms with Crippen molar-refractivity contribution in [2.45, 2.75) is 36.6 Å². The molecule has 1 N–H and O–H groups in total. The average molecular weight is 451 g/mol. The van der Waals surface area contributed by atoms with Gasteiger partial charge in [-0.2, -0.15) is 4.31 Å². The maximum atomic E-state index is 13.1. The van der Waals surface area contributed by atoms with Gasteiger partial charge in [0.05, 0.1) is 10.9 Å². The molecule has 2 aliphatic rings. The Kier molecular flexibility index (Phi) is 6.14. The summed E-state index contributed by atoms with van der Waals surface area (Å²) in [5, 5.41) is 3.85. The number of rotatable bonds is 6. The van der Waals surface area contributed by atoms with Crippen LogP contribution in [0.15, 0.2) is 53.4 Å². The molecule has 0 spiro atoms. The van der Waals surface area contributed by atoms with E-state index in [0.29, 0.717) is 23.8 Å². The fourth-order valence-electron chi connectivity index (χ4n) is 3.96. The molecule has 0 unspecified atom stereocenters. The van der Waals surface area contributed by atoms with Crippen molar-refractivity contribution in [3.8, 4) is 0 Å². The Labute approximate surface area is 181 Å². The Morgan fingerprint density at radius 1 is 1.00 bits per heavy atom. The predicted octanol–water partition coefficient (Wildman–Crippen LogP) is 4.15. The number of benzene rings is 2. The zero-order valence-corrected chi connectivity index (χ0v) is 18.0. The molecule has 4 rings (SSSR count). The van der Waals surface area contributed by atoms with Crippen LogP contribution in [0.1, 0.15) is 37.3 Å². The average Bonchev–Trinajstić information content (AvgIpc) is 3.58. The van der Waals surface area contributed by atoms with Crippen molar-refractivity contribution in [3.63, 3.8) is 0 Å². The molecule has 1 aliphatic heterocycles. The Bertz CT molecular complexity index is 1000. The summed E-state index contributed by atoms with van der Waals surface area (Å²) in [6.45, 7) is 0.541. The molecular formula is C22H24ClFN2O3S. The molecule has 1 amide bonds. The van der Waals surface area contributed by atoms with E-state index < -0.39 is 15.8 Å². The van der Waals surface area contributed by atoms with Crippen molar-refractivity contribution in [1.82, 2.24) is 9.62 Å². The van der Waals surface area contributed by atoms with Crippen molar-refractivity contribution in [2.75, 3.05) is 13.1 Å². The second kappa shape index (κ2) is 8.65. The summed E-state index contributed by atoms with van der Waals surface area (Å²) >= 11 is 5.98. The van der Waals surface area contributed by atoms with E-state index in [-0.39, 0.29) is 35.9 Å². The molecule has 0 bridgehead atoms. The Hall–Kier alpha value is -1.96. The first-order chi connectivity index (χ1) is 14.3. The monoisotopic (exact) mass is 450 g/mol. The fourth-order valence-corrected chi connectivity index (χ4v) is 5.55. The molecule has 1 aliphatic carbocycles. The summed E-state index contributed by atoms with van der Waals surface area (Å²) in [5.74, 6) is -0.289. The highest BCUT2D eigenvalue weighted by Gasteiger charge is 2.37. The van der Waals surface area contributed by atoms with E-state index in [1.54, 1.807) is 0 Å². The number of carbonyl (C=O) groups is 1. The van der Waals surface area contributed by atoms with Gasteiger partial charge in [-0.05, 0) is 73.6 Å². The van der Waals surface area contributed by atoms with Crippen molar-refractivity contribution in [2.24, 2.45) is 11.8 Å². The maximum absolute atomic E-state index is 13.1. The van der Waals surface area contributed by atoms with Crippen LogP contribution in [-0.2, 0) is 14.8 Å². The fraction of sp³-hybridized carbons (Fsp3) is 0.409. The van der Waals surface area contributed by atoms with Crippen LogP contribution in [0, 0.1) is 17.7 Å². The molecule has 2 aromatic carbocycles. The van der Waals surface area contributed by atoms with Crippen molar-refractivity contribution in [1.29, 1.82) is 0 Å². The van der Waals surface area contributed by atoms with E-state index in [1.807, 2.05) is 24.3 Å². The van der Waals surface area contributed by atoms with Gasteiger partial charge in [0.1, 0.15) is 5.82 Å². The summed E-state index contributed by atoms with van der Waals surface area (Å²) in [4.78, 5) is 13.0. The summed E-state index contributed by atoms with van der Waals surface area (Å²) in [6.07, 6.45) is 3.10. The minimum Gasteiger partial charge on any atom is -0.349 e. The van der Waals surface area contributed by atoms with Crippen LogP contribution in [0.5, 0.6) is 0 Å². The van der Waals surface area contributed by atoms with Gasteiger partial charge in [-0.3, -0.25) is 4.79 Å². The number of carbonyl (C=O) groups excluding carboxylic acids is 1. The van der Waals surface area contributed by atoms with E-state index in [2.05, 4.69) is 5.32 Å². The molecular weight excluding hydrogens is 427 g/mol. The van der Waals surface area contributed by atoms with Gasteiger partial charge in [0.15, 0.2) is 0 Å². The van der Waals surface area contributed by atoms with Gasteiger partial charge in [0.25, 0.3) is 0 Å². The predicted molar refractivity (Wildman–Crippen MR) is 113 cm³/mol. The normalized spacial score (nSPS) is 19.4. The lowest BCUT2D eigenvalue weighted by atomic mass is 9.95. The largest absolute Gasteiger partial charge is 0.349 e. The highest BCUT2D eigenvalue weighted by Crippen LogP contribution is 2.41. The van der Waals surface area contributed by atoms with Gasteiger partial charge in [-0.15, -0.1) is 0 Å². The number of nitrogens with zero attached hydrogens (tertiary/aromatic N) is 1. The molecule has 160 valence electrons. The Balaban J connectivity index is 1.38. The minimum absolute atomic E-state index is 0.0271. The van der Waals surface area contributed by atoms with Crippen LogP contribution >= 0.6 is 11.6 Å². The Morgan fingerprint density at radius 3 is 2.17 bits per heavy atom. The minimum atomic E-state index is -3.68. The van der Waals surface area contributed by atoms with Gasteiger partial charge in [-0.1, -0.05) is 23.7 Å². The van der Waals surface area contributed by atoms with Crippen LogP contribution in [0.2, 0.25) is 5.02 Å². The first-order valence-corrected chi connectivity index (χ1v) is 12.0. The summed E-state index contributed by atoms with van der Waals surface area (Å²) in [6, 6.07) is 12.4. The van der Waals surface area contributed by atoms with Gasteiger partial charge < -0.3 is 5.32 Å². The maximum Gasteiger partial charge on any atom is 0.243 e. The van der Waals surface area contributed by atoms with Crippen LogP contribution in [0.3, 0.4) is 0 Å². The Morgan fingerprint density at radius 2 is 1.60 bits per heavy atom. The van der Waals surface area contributed by atoms with Gasteiger partial charge in [0.2, 0.25) is 15.9 Å². The molecule has 8 heteroatoms. The quantitative estimate of drug-likeness (QED) is 0.719. The van der Waals surface area contributed by atoms with Crippen LogP contribution < -0.4 is 5.32 Å². The second-order valence-corrected chi connectivity index (χ2v) is 10.4. The topological polar surface area (TPSA) is 66.5 Å². The second-order valence-electron chi connectivity index (χ2n) is 8.01. The van der Waals surface area contributed by atoms with E-state index in [9.17, 15) is 17.6 Å². The molecule has 1 atom stereocenters. The molecule has 2 fully saturated rings. The molecule has 5 nitrogen and oxygen atoms in total. The third-order valence-corrected chi connectivity index (χ3v) is 8.06. The molecule has 30 heavy (non-hydrogen) atoms. The molecule has 0 aromatic heterocycles. The molecule has 1 heterocycles. The third-order valence-electron chi connectivity index (χ3n) is 5.90. The first kappa shape index (κ1) is 21.3. The van der Waals surface area contributed by atoms with E-state index in [4.69, 9.17) is 11.6 Å². The number of amides is 1. The van der Waals surface area contributed by atoms with Crippen LogP contribution in [0.4, 0.5) is 4.39 Å². The smallest absolute Gasteiger partial charge is 0.243 e. The van der Waals surface area contributed by atoms with Crippen LogP contribution in [0.25, 0.3) is 0 Å². The van der Waals surface area contributed by atoms with Crippen molar-refractivity contribution < 1.29 is 17.6 Å².